The van der Waals surface area contributed by atoms with Gasteiger partial charge in [0.25, 0.3) is 0 Å². The molecule has 8 heteroatoms. The van der Waals surface area contributed by atoms with Crippen LogP contribution in [0.5, 0.6) is 0 Å². The van der Waals surface area contributed by atoms with Gasteiger partial charge in [-0.3, -0.25) is 5.32 Å². The second kappa shape index (κ2) is 5.29. The summed E-state index contributed by atoms with van der Waals surface area (Å²) in [6.45, 7) is 0.393. The van der Waals surface area contributed by atoms with Crippen molar-refractivity contribution < 1.29 is 4.79 Å². The largest absolute Gasteiger partial charge is 0.331 e. The van der Waals surface area contributed by atoms with Gasteiger partial charge in [-0.2, -0.15) is 0 Å². The molecule has 0 aliphatic carbocycles. The Hall–Kier alpha value is -2.06. The first kappa shape index (κ1) is 12.0. The molecule has 6 nitrogen and oxygen atoms in total. The van der Waals surface area contributed by atoms with Gasteiger partial charge in [-0.05, 0) is 12.1 Å². The number of hydrogen-bond acceptors (Lipinski definition) is 6. The Bertz CT molecular complexity index is 661. The molecule has 0 bridgehead atoms. The molecule has 1 aromatic carbocycles. The van der Waals surface area contributed by atoms with E-state index in [1.165, 1.54) is 11.3 Å². The topological polar surface area (TPSA) is 79.8 Å². The summed E-state index contributed by atoms with van der Waals surface area (Å²) in [5, 5.41) is 14.0. The minimum Gasteiger partial charge on any atom is -0.331 e. The van der Waals surface area contributed by atoms with Gasteiger partial charge in [0.15, 0.2) is 0 Å². The Morgan fingerprint density at radius 1 is 1.32 bits per heavy atom. The molecule has 0 fully saturated rings. The molecule has 96 valence electrons. The Morgan fingerprint density at radius 3 is 3.00 bits per heavy atom. The fraction of sp³-hybridized carbons (Fsp3) is 0.0909. The number of benzene rings is 1. The van der Waals surface area contributed by atoms with Crippen LogP contribution in [0.3, 0.4) is 0 Å². The molecular weight excluding hydrogens is 282 g/mol. The van der Waals surface area contributed by atoms with Crippen molar-refractivity contribution in [2.45, 2.75) is 6.54 Å². The van der Waals surface area contributed by atoms with Crippen molar-refractivity contribution >= 4 is 44.1 Å². The van der Waals surface area contributed by atoms with Crippen molar-refractivity contribution in [1.82, 2.24) is 20.5 Å². The molecule has 0 aliphatic heterocycles. The smallest absolute Gasteiger partial charge is 0.321 e. The van der Waals surface area contributed by atoms with Crippen LogP contribution in [-0.4, -0.2) is 21.2 Å². The minimum absolute atomic E-state index is 0.309. The summed E-state index contributed by atoms with van der Waals surface area (Å²) in [6, 6.07) is 7.58. The standard InChI is InChI=1S/C11H9N5OS2/c17-10(15-11-16-13-6-18-11)12-5-9-14-7-3-1-2-4-8(7)19-9/h1-4,6H,5H2,(H2,12,15,16,17). The Balaban J connectivity index is 1.61. The van der Waals surface area contributed by atoms with E-state index in [1.807, 2.05) is 24.3 Å². The van der Waals surface area contributed by atoms with Crippen LogP contribution in [0.4, 0.5) is 9.93 Å². The lowest BCUT2D eigenvalue weighted by atomic mass is 10.3. The van der Waals surface area contributed by atoms with Gasteiger partial charge in [-0.1, -0.05) is 23.5 Å². The summed E-state index contributed by atoms with van der Waals surface area (Å²) in [5.74, 6) is 0. The SMILES string of the molecule is O=C(NCc1nc2ccccc2s1)Nc1nncs1. The van der Waals surface area contributed by atoms with Crippen LogP contribution in [0.15, 0.2) is 29.8 Å². The molecule has 19 heavy (non-hydrogen) atoms. The molecule has 0 radical (unpaired) electrons. The molecule has 0 saturated carbocycles. The number of aromatic nitrogens is 3. The quantitative estimate of drug-likeness (QED) is 0.777. The van der Waals surface area contributed by atoms with Gasteiger partial charge in [0, 0.05) is 0 Å². The van der Waals surface area contributed by atoms with E-state index >= 15 is 0 Å². The molecule has 2 N–H and O–H groups in total. The van der Waals surface area contributed by atoms with Gasteiger partial charge in [-0.25, -0.2) is 9.78 Å². The van der Waals surface area contributed by atoms with Crippen molar-refractivity contribution in [2.24, 2.45) is 0 Å². The summed E-state index contributed by atoms with van der Waals surface area (Å²) in [4.78, 5) is 16.0. The fourth-order valence-electron chi connectivity index (χ4n) is 1.52. The van der Waals surface area contributed by atoms with E-state index in [4.69, 9.17) is 0 Å². The maximum atomic E-state index is 11.6. The molecule has 0 spiro atoms. The van der Waals surface area contributed by atoms with Gasteiger partial charge in [0.05, 0.1) is 16.8 Å². The lowest BCUT2D eigenvalue weighted by Gasteiger charge is -2.01. The number of nitrogens with zero attached hydrogens (tertiary/aromatic N) is 3. The zero-order chi connectivity index (χ0) is 13.1. The zero-order valence-electron chi connectivity index (χ0n) is 9.66. The number of nitrogens with one attached hydrogen (secondary N) is 2. The molecule has 2 heterocycles. The number of carbonyl (C=O) groups is 1. The number of hydrogen-bond donors (Lipinski definition) is 2. The maximum Gasteiger partial charge on any atom is 0.321 e. The van der Waals surface area contributed by atoms with Crippen LogP contribution in [0.25, 0.3) is 10.2 Å². The van der Waals surface area contributed by atoms with Crippen LogP contribution in [-0.2, 0) is 6.54 Å². The first-order valence-corrected chi connectivity index (χ1v) is 7.16. The predicted octanol–water partition coefficient (Wildman–Crippen LogP) is 2.47. The van der Waals surface area contributed by atoms with Gasteiger partial charge in [0.2, 0.25) is 5.13 Å². The Morgan fingerprint density at radius 2 is 2.21 bits per heavy atom. The van der Waals surface area contributed by atoms with Gasteiger partial charge in [-0.15, -0.1) is 21.5 Å². The van der Waals surface area contributed by atoms with Crippen molar-refractivity contribution in [3.05, 3.63) is 34.8 Å². The Kier molecular flexibility index (Phi) is 3.34. The number of urea groups is 1. The van der Waals surface area contributed by atoms with E-state index < -0.39 is 0 Å². The Labute approximate surface area is 116 Å². The van der Waals surface area contributed by atoms with E-state index in [0.29, 0.717) is 11.7 Å². The van der Waals surface area contributed by atoms with Gasteiger partial charge < -0.3 is 5.32 Å². The summed E-state index contributed by atoms with van der Waals surface area (Å²) in [6.07, 6.45) is 0. The van der Waals surface area contributed by atoms with Crippen LogP contribution >= 0.6 is 22.7 Å². The normalized spacial score (nSPS) is 10.5. The van der Waals surface area contributed by atoms with E-state index in [2.05, 4.69) is 25.8 Å². The van der Waals surface area contributed by atoms with Crippen LogP contribution < -0.4 is 10.6 Å². The number of amides is 2. The molecule has 2 aromatic heterocycles. The zero-order valence-corrected chi connectivity index (χ0v) is 11.3. The highest BCUT2D eigenvalue weighted by atomic mass is 32.1. The second-order valence-electron chi connectivity index (χ2n) is 3.63. The summed E-state index contributed by atoms with van der Waals surface area (Å²) < 4.78 is 1.11. The number of anilines is 1. The van der Waals surface area contributed by atoms with Crippen molar-refractivity contribution in [3.63, 3.8) is 0 Å². The highest BCUT2D eigenvalue weighted by Gasteiger charge is 2.06. The molecule has 0 atom stereocenters. The summed E-state index contributed by atoms with van der Waals surface area (Å²) in [7, 11) is 0. The van der Waals surface area contributed by atoms with E-state index in [1.54, 1.807) is 16.8 Å². The monoisotopic (exact) mass is 291 g/mol. The highest BCUT2D eigenvalue weighted by Crippen LogP contribution is 2.21. The number of carbonyl (C=O) groups excluding carboxylic acids is 1. The molecule has 0 saturated heterocycles. The van der Waals surface area contributed by atoms with E-state index in [-0.39, 0.29) is 6.03 Å². The molecule has 3 aromatic rings. The molecule has 3 rings (SSSR count). The van der Waals surface area contributed by atoms with E-state index in [0.717, 1.165) is 15.2 Å². The van der Waals surface area contributed by atoms with Crippen LogP contribution in [0.2, 0.25) is 0 Å². The highest BCUT2D eigenvalue weighted by molar-refractivity contribution is 7.18. The lowest BCUT2D eigenvalue weighted by molar-refractivity contribution is 0.251. The van der Waals surface area contributed by atoms with Crippen LogP contribution in [0.1, 0.15) is 5.01 Å². The predicted molar refractivity (Wildman–Crippen MR) is 75.4 cm³/mol. The molecule has 0 aliphatic rings. The van der Waals surface area contributed by atoms with Crippen molar-refractivity contribution in [1.29, 1.82) is 0 Å². The summed E-state index contributed by atoms with van der Waals surface area (Å²) >= 11 is 2.84. The molecule has 0 unspecified atom stereocenters. The molecule has 2 amide bonds. The van der Waals surface area contributed by atoms with Gasteiger partial charge >= 0.3 is 6.03 Å². The number of para-hydroxylation sites is 1. The third kappa shape index (κ3) is 2.85. The second-order valence-corrected chi connectivity index (χ2v) is 5.58. The minimum atomic E-state index is -0.309. The van der Waals surface area contributed by atoms with E-state index in [9.17, 15) is 4.79 Å². The number of rotatable bonds is 3. The fourth-order valence-corrected chi connectivity index (χ4v) is 2.87. The maximum absolute atomic E-state index is 11.6. The van der Waals surface area contributed by atoms with Crippen molar-refractivity contribution in [3.8, 4) is 0 Å². The van der Waals surface area contributed by atoms with Gasteiger partial charge in [0.1, 0.15) is 10.5 Å². The summed E-state index contributed by atoms with van der Waals surface area (Å²) in [5.41, 5.74) is 2.51. The number of fused-ring (bicyclic) bond motifs is 1. The lowest BCUT2D eigenvalue weighted by Crippen LogP contribution is -2.28. The third-order valence-corrected chi connectivity index (χ3v) is 3.96. The average Bonchev–Trinajstić information content (AvgIpc) is 3.04. The van der Waals surface area contributed by atoms with Crippen molar-refractivity contribution in [2.75, 3.05) is 5.32 Å². The average molecular weight is 291 g/mol. The number of thiazole rings is 1. The first-order chi connectivity index (χ1) is 9.31. The molecular formula is C11H9N5OS2. The first-order valence-electron chi connectivity index (χ1n) is 5.47. The van der Waals surface area contributed by atoms with Crippen LogP contribution in [0, 0.1) is 0 Å². The third-order valence-electron chi connectivity index (χ3n) is 2.32.